The maximum atomic E-state index is 9.11. The van der Waals surface area contributed by atoms with Crippen LogP contribution in [-0.4, -0.2) is 43.3 Å². The minimum atomic E-state index is -3.11. The first-order chi connectivity index (χ1) is 15.1. The molecule has 0 aliphatic heterocycles. The maximum absolute atomic E-state index is 9.11. The molecule has 3 aromatic rings. The molecule has 0 spiro atoms. The van der Waals surface area contributed by atoms with Crippen LogP contribution >= 0.6 is 0 Å². The number of hydrogen-bond acceptors (Lipinski definition) is 9. The van der Waals surface area contributed by atoms with Gasteiger partial charge in [-0.25, -0.2) is 0 Å². The Balaban J connectivity index is 0. The van der Waals surface area contributed by atoms with Crippen molar-refractivity contribution in [2.75, 3.05) is 0 Å². The standard InChI is InChI=1S/2C8H10O2.C7H7O2.K.O3S/c2*1-5-3-8(10)6(2)4-7(5)9;1-5-4-6(8)2-3-7(5)9;;1-4(2)3/h2*3-4,9-10H,1-2H3;3-4,8-9H,1H3;;/q;;-1;+1;. The monoisotopic (exact) mass is 518 g/mol. The zero-order chi connectivity index (χ0) is 25.9. The molecule has 3 aromatic carbocycles. The summed E-state index contributed by atoms with van der Waals surface area (Å²) in [5.41, 5.74) is 3.45. The van der Waals surface area contributed by atoms with E-state index in [2.05, 4.69) is 6.07 Å². The van der Waals surface area contributed by atoms with Gasteiger partial charge < -0.3 is 30.6 Å². The fraction of sp³-hybridized carbons (Fsp3) is 0.217. The molecule has 0 atom stereocenters. The van der Waals surface area contributed by atoms with Gasteiger partial charge in [0, 0.05) is 11.5 Å². The van der Waals surface area contributed by atoms with E-state index in [9.17, 15) is 0 Å². The predicted molar refractivity (Wildman–Crippen MR) is 122 cm³/mol. The van der Waals surface area contributed by atoms with Crippen LogP contribution in [0.2, 0.25) is 0 Å². The number of aromatic hydroxyl groups is 6. The summed E-state index contributed by atoms with van der Waals surface area (Å²) >= 11 is 0. The molecule has 0 aliphatic rings. The number of hydrogen-bond donors (Lipinski definition) is 6. The molecule has 0 unspecified atom stereocenters. The Morgan fingerprint density at radius 3 is 0.971 bits per heavy atom. The van der Waals surface area contributed by atoms with Crippen molar-refractivity contribution in [3.05, 3.63) is 70.3 Å². The Bertz CT molecular complexity index is 1030. The Morgan fingerprint density at radius 1 is 0.529 bits per heavy atom. The van der Waals surface area contributed by atoms with Crippen LogP contribution in [0.4, 0.5) is 0 Å². The smallest absolute Gasteiger partial charge is 0.565 e. The maximum Gasteiger partial charge on any atom is 1.00 e. The third-order valence-electron chi connectivity index (χ3n) is 4.14. The predicted octanol–water partition coefficient (Wildman–Crippen LogP) is 0.636. The van der Waals surface area contributed by atoms with E-state index < -0.39 is 10.6 Å². The number of phenolic OH excluding ortho intramolecular Hbond substituents is 6. The van der Waals surface area contributed by atoms with Crippen molar-refractivity contribution in [2.45, 2.75) is 34.6 Å². The van der Waals surface area contributed by atoms with Gasteiger partial charge in [0.2, 0.25) is 0 Å². The minimum absolute atomic E-state index is 0. The van der Waals surface area contributed by atoms with Gasteiger partial charge in [-0.15, -0.1) is 36.4 Å². The van der Waals surface area contributed by atoms with Gasteiger partial charge in [0.05, 0.1) is 0 Å². The molecular formula is C23H27KO9S. The summed E-state index contributed by atoms with van der Waals surface area (Å²) in [5, 5.41) is 54.1. The molecule has 0 fully saturated rings. The summed E-state index contributed by atoms with van der Waals surface area (Å²) in [6, 6.07) is 11.4. The van der Waals surface area contributed by atoms with Crippen LogP contribution in [-0.2, 0) is 10.6 Å². The van der Waals surface area contributed by atoms with E-state index in [4.69, 9.17) is 43.3 Å². The Hall–Kier alpha value is -2.28. The SMILES string of the molecule is Cc1cc(O)[c-]cc1O.Cc1cc(O)c(C)cc1O.Cc1cc(O)c(C)cc1O.O=S(=O)=O.[K+]. The van der Waals surface area contributed by atoms with Crippen LogP contribution in [0.15, 0.2) is 36.4 Å². The number of phenols is 6. The number of benzene rings is 3. The van der Waals surface area contributed by atoms with E-state index in [-0.39, 0.29) is 85.9 Å². The normalized spacial score (nSPS) is 8.97. The van der Waals surface area contributed by atoms with Gasteiger partial charge >= 0.3 is 62.0 Å². The van der Waals surface area contributed by atoms with Crippen LogP contribution in [0.1, 0.15) is 27.8 Å². The number of aryl methyl sites for hydroxylation is 5. The molecule has 34 heavy (non-hydrogen) atoms. The van der Waals surface area contributed by atoms with Gasteiger partial charge in [-0.3, -0.25) is 0 Å². The summed E-state index contributed by atoms with van der Waals surface area (Å²) in [4.78, 5) is 0. The fourth-order valence-electron chi connectivity index (χ4n) is 2.15. The van der Waals surface area contributed by atoms with Crippen molar-refractivity contribution in [2.24, 2.45) is 0 Å². The first kappa shape index (κ1) is 33.9. The van der Waals surface area contributed by atoms with E-state index >= 15 is 0 Å². The molecule has 0 saturated heterocycles. The van der Waals surface area contributed by atoms with Crippen LogP contribution in [0.3, 0.4) is 0 Å². The van der Waals surface area contributed by atoms with E-state index in [1.54, 1.807) is 58.9 Å². The van der Waals surface area contributed by atoms with Gasteiger partial charge in [-0.1, -0.05) is 6.92 Å². The second kappa shape index (κ2) is 16.4. The summed E-state index contributed by atoms with van der Waals surface area (Å²) in [6.07, 6.45) is 0. The van der Waals surface area contributed by atoms with Gasteiger partial charge in [0.15, 0.2) is 0 Å². The van der Waals surface area contributed by atoms with Crippen molar-refractivity contribution in [3.8, 4) is 34.5 Å². The Kier molecular flexibility index (Phi) is 16.3. The van der Waals surface area contributed by atoms with Crippen molar-refractivity contribution in [3.63, 3.8) is 0 Å². The third kappa shape index (κ3) is 13.4. The zero-order valence-electron chi connectivity index (χ0n) is 19.8. The second-order valence-corrected chi connectivity index (χ2v) is 7.35. The molecule has 3 rings (SSSR count). The first-order valence-electron chi connectivity index (χ1n) is 9.31. The molecular weight excluding hydrogens is 491 g/mol. The largest absolute Gasteiger partial charge is 1.00 e. The van der Waals surface area contributed by atoms with Crippen molar-refractivity contribution in [1.82, 2.24) is 0 Å². The average Bonchev–Trinajstić information content (AvgIpc) is 2.69. The topological polar surface area (TPSA) is 173 Å². The number of rotatable bonds is 0. The summed E-state index contributed by atoms with van der Waals surface area (Å²) in [7, 11) is -3.11. The minimum Gasteiger partial charge on any atom is -0.565 e. The second-order valence-electron chi connectivity index (χ2n) is 6.94. The van der Waals surface area contributed by atoms with Crippen molar-refractivity contribution >= 4 is 10.6 Å². The van der Waals surface area contributed by atoms with E-state index in [0.29, 0.717) is 27.8 Å². The van der Waals surface area contributed by atoms with Gasteiger partial charge in [0.1, 0.15) is 23.0 Å². The Labute approximate surface area is 242 Å². The molecule has 0 saturated carbocycles. The molecule has 0 heterocycles. The molecule has 0 aromatic heterocycles. The molecule has 0 aliphatic carbocycles. The molecule has 0 radical (unpaired) electrons. The molecule has 9 nitrogen and oxygen atoms in total. The van der Waals surface area contributed by atoms with E-state index in [1.165, 1.54) is 12.1 Å². The quantitative estimate of drug-likeness (QED) is 0.142. The summed E-state index contributed by atoms with van der Waals surface area (Å²) in [5.74, 6) is 1.15. The van der Waals surface area contributed by atoms with E-state index in [1.807, 2.05) is 0 Å². The third-order valence-corrected chi connectivity index (χ3v) is 4.14. The van der Waals surface area contributed by atoms with Gasteiger partial charge in [-0.2, -0.15) is 0 Å². The first-order valence-corrected chi connectivity index (χ1v) is 10.3. The summed E-state index contributed by atoms with van der Waals surface area (Å²) < 4.78 is 25.3. The van der Waals surface area contributed by atoms with Crippen molar-refractivity contribution < 1.29 is 94.7 Å². The van der Waals surface area contributed by atoms with E-state index in [0.717, 1.165) is 0 Å². The molecule has 0 amide bonds. The molecule has 11 heteroatoms. The molecule has 180 valence electrons. The fourth-order valence-corrected chi connectivity index (χ4v) is 2.15. The van der Waals surface area contributed by atoms with Crippen molar-refractivity contribution in [1.29, 1.82) is 0 Å². The van der Waals surface area contributed by atoms with Gasteiger partial charge in [0.25, 0.3) is 0 Å². The van der Waals surface area contributed by atoms with Crippen LogP contribution in [0, 0.1) is 40.7 Å². The van der Waals surface area contributed by atoms with Gasteiger partial charge in [-0.05, 0) is 74.2 Å². The molecule has 0 bridgehead atoms. The van der Waals surface area contributed by atoms with Crippen LogP contribution < -0.4 is 51.4 Å². The zero-order valence-corrected chi connectivity index (χ0v) is 23.7. The summed E-state index contributed by atoms with van der Waals surface area (Å²) in [6.45, 7) is 8.69. The van der Waals surface area contributed by atoms with Crippen LogP contribution in [0.5, 0.6) is 34.5 Å². The molecule has 6 N–H and O–H groups in total. The van der Waals surface area contributed by atoms with Crippen LogP contribution in [0.25, 0.3) is 0 Å². The average molecular weight is 519 g/mol. The Morgan fingerprint density at radius 2 is 0.765 bits per heavy atom.